The van der Waals surface area contributed by atoms with E-state index in [0.29, 0.717) is 31.2 Å². The van der Waals surface area contributed by atoms with E-state index in [-0.39, 0.29) is 23.5 Å². The van der Waals surface area contributed by atoms with Gasteiger partial charge in [0.05, 0.1) is 5.69 Å². The monoisotopic (exact) mass is 322 g/mol. The molecule has 1 aliphatic heterocycles. The summed E-state index contributed by atoms with van der Waals surface area (Å²) in [5.74, 6) is -0.751. The van der Waals surface area contributed by atoms with Crippen molar-refractivity contribution in [2.45, 2.75) is 20.3 Å². The fraction of sp³-hybridized carbons (Fsp3) is 0.500. The summed E-state index contributed by atoms with van der Waals surface area (Å²) < 4.78 is 13.8. The lowest BCUT2D eigenvalue weighted by Gasteiger charge is -2.18. The maximum absolute atomic E-state index is 13.8. The van der Waals surface area contributed by atoms with Crippen LogP contribution in [-0.2, 0) is 4.79 Å². The normalized spacial score (nSPS) is 17.4. The molecule has 0 spiro atoms. The highest BCUT2D eigenvalue weighted by Crippen LogP contribution is 2.22. The number of benzene rings is 1. The molecule has 0 aromatic heterocycles. The van der Waals surface area contributed by atoms with Gasteiger partial charge in [-0.05, 0) is 37.1 Å². The molecule has 3 amide bonds. The smallest absolute Gasteiger partial charge is 0.321 e. The van der Waals surface area contributed by atoms with E-state index in [1.807, 2.05) is 0 Å². The van der Waals surface area contributed by atoms with Gasteiger partial charge in [0.15, 0.2) is 0 Å². The minimum absolute atomic E-state index is 0.0581. The highest BCUT2D eigenvalue weighted by molar-refractivity contribution is 5.94. The van der Waals surface area contributed by atoms with Crippen LogP contribution in [0, 0.1) is 17.7 Å². The number of halogens is 1. The van der Waals surface area contributed by atoms with Gasteiger partial charge in [-0.2, -0.15) is 0 Å². The van der Waals surface area contributed by atoms with E-state index in [2.05, 4.69) is 10.6 Å². The highest BCUT2D eigenvalue weighted by atomic mass is 19.1. The summed E-state index contributed by atoms with van der Waals surface area (Å²) in [5.41, 5.74) is 6.11. The molecule has 0 aliphatic carbocycles. The number of nitrogens with zero attached hydrogens (tertiary/aromatic N) is 1. The molecule has 0 unspecified atom stereocenters. The third-order valence-corrected chi connectivity index (χ3v) is 3.91. The zero-order chi connectivity index (χ0) is 17.0. The number of likely N-dealkylation sites (tertiary alicyclic amines) is 1. The van der Waals surface area contributed by atoms with E-state index in [4.69, 9.17) is 5.73 Å². The molecule has 0 saturated carbocycles. The average molecular weight is 322 g/mol. The fourth-order valence-corrected chi connectivity index (χ4v) is 2.39. The Morgan fingerprint density at radius 2 is 2.13 bits per heavy atom. The molecule has 1 aromatic rings. The molecule has 1 saturated heterocycles. The van der Waals surface area contributed by atoms with E-state index in [1.54, 1.807) is 18.7 Å². The Hall–Kier alpha value is -2.15. The summed E-state index contributed by atoms with van der Waals surface area (Å²) >= 11 is 0. The van der Waals surface area contributed by atoms with Crippen molar-refractivity contribution < 1.29 is 14.0 Å². The van der Waals surface area contributed by atoms with Crippen LogP contribution in [0.2, 0.25) is 0 Å². The maximum atomic E-state index is 13.8. The number of rotatable bonds is 4. The van der Waals surface area contributed by atoms with Gasteiger partial charge in [0, 0.05) is 24.7 Å². The highest BCUT2D eigenvalue weighted by Gasteiger charge is 2.25. The quantitative estimate of drug-likeness (QED) is 0.794. The van der Waals surface area contributed by atoms with Gasteiger partial charge in [-0.1, -0.05) is 13.8 Å². The number of nitrogens with one attached hydrogen (secondary N) is 2. The van der Waals surface area contributed by atoms with Gasteiger partial charge in [0.1, 0.15) is 5.82 Å². The molecular weight excluding hydrogens is 299 g/mol. The second-order valence-corrected chi connectivity index (χ2v) is 6.11. The van der Waals surface area contributed by atoms with Crippen molar-refractivity contribution >= 4 is 23.3 Å². The number of urea groups is 1. The fourth-order valence-electron chi connectivity index (χ4n) is 2.39. The zero-order valence-corrected chi connectivity index (χ0v) is 13.4. The molecule has 1 heterocycles. The Kier molecular flexibility index (Phi) is 5.54. The van der Waals surface area contributed by atoms with Crippen LogP contribution in [-0.4, -0.2) is 36.5 Å². The topological polar surface area (TPSA) is 87.5 Å². The first-order valence-corrected chi connectivity index (χ1v) is 7.77. The molecule has 1 aliphatic rings. The molecule has 4 N–H and O–H groups in total. The van der Waals surface area contributed by atoms with Crippen molar-refractivity contribution in [3.63, 3.8) is 0 Å². The predicted octanol–water partition coefficient (Wildman–Crippen LogP) is 2.23. The third kappa shape index (κ3) is 4.41. The van der Waals surface area contributed by atoms with Crippen molar-refractivity contribution in [2.24, 2.45) is 17.6 Å². The van der Waals surface area contributed by atoms with Gasteiger partial charge >= 0.3 is 6.03 Å². The molecule has 1 fully saturated rings. The molecule has 0 radical (unpaired) electrons. The summed E-state index contributed by atoms with van der Waals surface area (Å²) in [6.07, 6.45) is 0.892. The van der Waals surface area contributed by atoms with Gasteiger partial charge in [-0.15, -0.1) is 0 Å². The van der Waals surface area contributed by atoms with E-state index in [9.17, 15) is 14.0 Å². The van der Waals surface area contributed by atoms with Crippen LogP contribution in [0.4, 0.5) is 20.6 Å². The Balaban J connectivity index is 2.03. The summed E-state index contributed by atoms with van der Waals surface area (Å²) in [5, 5.41) is 5.24. The van der Waals surface area contributed by atoms with Crippen LogP contribution in [0.1, 0.15) is 20.3 Å². The van der Waals surface area contributed by atoms with Crippen molar-refractivity contribution in [1.29, 1.82) is 0 Å². The van der Waals surface area contributed by atoms with Crippen LogP contribution in [0.5, 0.6) is 0 Å². The van der Waals surface area contributed by atoms with Crippen molar-refractivity contribution in [2.75, 3.05) is 30.3 Å². The first kappa shape index (κ1) is 17.2. The van der Waals surface area contributed by atoms with E-state index < -0.39 is 5.82 Å². The third-order valence-electron chi connectivity index (χ3n) is 3.91. The van der Waals surface area contributed by atoms with Gasteiger partial charge < -0.3 is 21.3 Å². The molecular formula is C16H23FN4O2. The van der Waals surface area contributed by atoms with Crippen LogP contribution < -0.4 is 16.4 Å². The molecule has 126 valence electrons. The second-order valence-electron chi connectivity index (χ2n) is 6.11. The minimum Gasteiger partial charge on any atom is -0.330 e. The van der Waals surface area contributed by atoms with E-state index in [1.165, 1.54) is 18.2 Å². The average Bonchev–Trinajstić information content (AvgIpc) is 2.99. The zero-order valence-electron chi connectivity index (χ0n) is 13.4. The molecule has 1 atom stereocenters. The Bertz CT molecular complexity index is 591. The lowest BCUT2D eigenvalue weighted by molar-refractivity contribution is -0.118. The van der Waals surface area contributed by atoms with Gasteiger partial charge in [0.25, 0.3) is 0 Å². The van der Waals surface area contributed by atoms with Gasteiger partial charge in [0.2, 0.25) is 5.91 Å². The Morgan fingerprint density at radius 3 is 2.74 bits per heavy atom. The molecule has 7 heteroatoms. The number of hydrogen-bond acceptors (Lipinski definition) is 3. The number of carbonyl (C=O) groups is 2. The first-order chi connectivity index (χ1) is 10.9. The standard InChI is InChI=1S/C16H23FN4O2/c1-10(2)15(22)20-14-7-12(3-4-13(14)17)19-16(23)21-6-5-11(8-18)9-21/h3-4,7,10-11H,5-6,8-9,18H2,1-2H3,(H,19,23)(H,20,22)/t11-/m1/s1. The van der Waals surface area contributed by atoms with Crippen LogP contribution in [0.15, 0.2) is 18.2 Å². The van der Waals surface area contributed by atoms with E-state index >= 15 is 0 Å². The number of hydrogen-bond donors (Lipinski definition) is 3. The van der Waals surface area contributed by atoms with Crippen LogP contribution >= 0.6 is 0 Å². The number of anilines is 2. The number of amides is 3. The Labute approximate surface area is 135 Å². The summed E-state index contributed by atoms with van der Waals surface area (Å²) in [4.78, 5) is 25.6. The molecule has 0 bridgehead atoms. The molecule has 2 rings (SSSR count). The SMILES string of the molecule is CC(C)C(=O)Nc1cc(NC(=O)N2CC[C@H](CN)C2)ccc1F. The molecule has 1 aromatic carbocycles. The van der Waals surface area contributed by atoms with Crippen molar-refractivity contribution in [1.82, 2.24) is 4.90 Å². The number of carbonyl (C=O) groups excluding carboxylic acids is 2. The van der Waals surface area contributed by atoms with Gasteiger partial charge in [-0.3, -0.25) is 4.79 Å². The second kappa shape index (κ2) is 7.41. The Morgan fingerprint density at radius 1 is 1.39 bits per heavy atom. The van der Waals surface area contributed by atoms with E-state index in [0.717, 1.165) is 6.42 Å². The summed E-state index contributed by atoms with van der Waals surface area (Å²) in [7, 11) is 0. The molecule has 6 nitrogen and oxygen atoms in total. The van der Waals surface area contributed by atoms with Crippen LogP contribution in [0.3, 0.4) is 0 Å². The minimum atomic E-state index is -0.540. The maximum Gasteiger partial charge on any atom is 0.321 e. The van der Waals surface area contributed by atoms with Crippen molar-refractivity contribution in [3.8, 4) is 0 Å². The van der Waals surface area contributed by atoms with Crippen molar-refractivity contribution in [3.05, 3.63) is 24.0 Å². The first-order valence-electron chi connectivity index (χ1n) is 7.77. The molecule has 23 heavy (non-hydrogen) atoms. The lowest BCUT2D eigenvalue weighted by atomic mass is 10.1. The van der Waals surface area contributed by atoms with Crippen LogP contribution in [0.25, 0.3) is 0 Å². The lowest BCUT2D eigenvalue weighted by Crippen LogP contribution is -2.33. The number of nitrogens with two attached hydrogens (primary N) is 1. The summed E-state index contributed by atoms with van der Waals surface area (Å²) in [6.45, 7) is 5.29. The largest absolute Gasteiger partial charge is 0.330 e. The predicted molar refractivity (Wildman–Crippen MR) is 87.6 cm³/mol. The summed E-state index contributed by atoms with van der Waals surface area (Å²) in [6, 6.07) is 3.87. The van der Waals surface area contributed by atoms with Gasteiger partial charge in [-0.25, -0.2) is 9.18 Å².